The van der Waals surface area contributed by atoms with Gasteiger partial charge in [0, 0.05) is 28.2 Å². The van der Waals surface area contributed by atoms with Crippen LogP contribution < -0.4 is 14.8 Å². The van der Waals surface area contributed by atoms with Gasteiger partial charge in [0.05, 0.1) is 13.2 Å². The lowest BCUT2D eigenvalue weighted by Gasteiger charge is -2.37. The van der Waals surface area contributed by atoms with Gasteiger partial charge in [0.25, 0.3) is 0 Å². The molecule has 1 saturated carbocycles. The minimum Gasteiger partial charge on any atom is -0.493 e. The van der Waals surface area contributed by atoms with Crippen LogP contribution in [0.25, 0.3) is 0 Å². The number of para-hydroxylation sites is 2. The summed E-state index contributed by atoms with van der Waals surface area (Å²) in [6, 6.07) is 16.1. The number of methoxy groups -OCH3 is 1. The molecule has 1 N–H and O–H groups in total. The van der Waals surface area contributed by atoms with E-state index in [0.29, 0.717) is 35.4 Å². The standard InChI is InChI=1S/C27H28ClN3O4S/c1-34-23-7-2-3-8-24(23)35-17-22-21-12-14-36-25(21)11-13-30(22)26(32)16-31(20-9-10-20)27(33)29-19-6-4-5-18(28)15-19/h2-8,12,14-15,20,22H,9-11,13,16-17H2,1H3,(H,29,33). The lowest BCUT2D eigenvalue weighted by atomic mass is 10.0. The summed E-state index contributed by atoms with van der Waals surface area (Å²) in [6.07, 6.45) is 2.58. The van der Waals surface area contributed by atoms with Gasteiger partial charge in [-0.15, -0.1) is 11.3 Å². The molecular weight excluding hydrogens is 498 g/mol. The first kappa shape index (κ1) is 24.5. The summed E-state index contributed by atoms with van der Waals surface area (Å²) in [7, 11) is 1.61. The van der Waals surface area contributed by atoms with Gasteiger partial charge in [-0.1, -0.05) is 29.8 Å². The number of rotatable bonds is 8. The van der Waals surface area contributed by atoms with Crippen molar-refractivity contribution in [2.45, 2.75) is 31.3 Å². The smallest absolute Gasteiger partial charge is 0.322 e. The van der Waals surface area contributed by atoms with Crippen LogP contribution in [0.15, 0.2) is 60.0 Å². The number of anilines is 1. The second-order valence-corrected chi connectivity index (χ2v) is 10.4. The Morgan fingerprint density at radius 3 is 2.69 bits per heavy atom. The molecule has 2 heterocycles. The minimum atomic E-state index is -0.289. The van der Waals surface area contributed by atoms with Crippen LogP contribution in [0.3, 0.4) is 0 Å². The number of nitrogens with one attached hydrogen (secondary N) is 1. The Hall–Kier alpha value is -3.23. The molecule has 9 heteroatoms. The van der Waals surface area contributed by atoms with Crippen LogP contribution in [0, 0.1) is 0 Å². The fourth-order valence-corrected chi connectivity index (χ4v) is 5.65. The van der Waals surface area contributed by atoms with E-state index in [-0.39, 0.29) is 30.6 Å². The first-order chi connectivity index (χ1) is 17.5. The van der Waals surface area contributed by atoms with Crippen molar-refractivity contribution >= 4 is 40.6 Å². The van der Waals surface area contributed by atoms with E-state index in [1.54, 1.807) is 47.6 Å². The molecule has 36 heavy (non-hydrogen) atoms. The molecule has 3 aromatic rings. The molecule has 1 fully saturated rings. The van der Waals surface area contributed by atoms with Crippen LogP contribution in [0.1, 0.15) is 29.3 Å². The second kappa shape index (κ2) is 10.8. The van der Waals surface area contributed by atoms with E-state index >= 15 is 0 Å². The lowest BCUT2D eigenvalue weighted by molar-refractivity contribution is -0.135. The zero-order valence-corrected chi connectivity index (χ0v) is 21.6. The maximum atomic E-state index is 13.6. The van der Waals surface area contributed by atoms with E-state index in [0.717, 1.165) is 24.8 Å². The van der Waals surface area contributed by atoms with Crippen molar-refractivity contribution < 1.29 is 19.1 Å². The largest absolute Gasteiger partial charge is 0.493 e. The maximum absolute atomic E-state index is 13.6. The second-order valence-electron chi connectivity index (χ2n) is 8.91. The fraction of sp³-hybridized carbons (Fsp3) is 0.333. The summed E-state index contributed by atoms with van der Waals surface area (Å²) in [5, 5.41) is 5.49. The molecule has 0 radical (unpaired) electrons. The van der Waals surface area contributed by atoms with Crippen LogP contribution in [0.4, 0.5) is 10.5 Å². The monoisotopic (exact) mass is 525 g/mol. The molecule has 2 aromatic carbocycles. The molecule has 1 atom stereocenters. The predicted octanol–water partition coefficient (Wildman–Crippen LogP) is 5.61. The van der Waals surface area contributed by atoms with Gasteiger partial charge in [-0.05, 0) is 66.6 Å². The van der Waals surface area contributed by atoms with E-state index in [9.17, 15) is 9.59 Å². The quantitative estimate of drug-likeness (QED) is 0.415. The molecule has 188 valence electrons. The molecule has 0 saturated heterocycles. The van der Waals surface area contributed by atoms with Crippen LogP contribution >= 0.6 is 22.9 Å². The van der Waals surface area contributed by atoms with Crippen LogP contribution in [-0.4, -0.2) is 54.6 Å². The summed E-state index contributed by atoms with van der Waals surface area (Å²) in [5.74, 6) is 1.19. The Kier molecular flexibility index (Phi) is 7.34. The number of thiophene rings is 1. The number of nitrogens with zero attached hydrogens (tertiary/aromatic N) is 2. The van der Waals surface area contributed by atoms with Gasteiger partial charge in [0.2, 0.25) is 5.91 Å². The van der Waals surface area contributed by atoms with Gasteiger partial charge in [-0.25, -0.2) is 4.79 Å². The Morgan fingerprint density at radius 2 is 1.94 bits per heavy atom. The highest BCUT2D eigenvalue weighted by Gasteiger charge is 2.38. The number of amides is 3. The van der Waals surface area contributed by atoms with Crippen molar-refractivity contribution in [1.29, 1.82) is 0 Å². The molecule has 7 nitrogen and oxygen atoms in total. The summed E-state index contributed by atoms with van der Waals surface area (Å²) >= 11 is 7.77. The molecule has 0 spiro atoms. The Morgan fingerprint density at radius 1 is 1.14 bits per heavy atom. The fourth-order valence-electron chi connectivity index (χ4n) is 4.53. The van der Waals surface area contributed by atoms with E-state index < -0.39 is 0 Å². The predicted molar refractivity (Wildman–Crippen MR) is 141 cm³/mol. The van der Waals surface area contributed by atoms with Gasteiger partial charge < -0.3 is 24.6 Å². The van der Waals surface area contributed by atoms with Gasteiger partial charge in [0.15, 0.2) is 11.5 Å². The van der Waals surface area contributed by atoms with Crippen molar-refractivity contribution in [3.05, 3.63) is 75.4 Å². The SMILES string of the molecule is COc1ccccc1OCC1c2ccsc2CCN1C(=O)CN(C(=O)Nc1cccc(Cl)c1)C1CC1. The summed E-state index contributed by atoms with van der Waals surface area (Å²) in [6.45, 7) is 0.899. The summed E-state index contributed by atoms with van der Waals surface area (Å²) in [4.78, 5) is 31.5. The number of hydrogen-bond acceptors (Lipinski definition) is 5. The lowest BCUT2D eigenvalue weighted by Crippen LogP contribution is -2.49. The average molecular weight is 526 g/mol. The average Bonchev–Trinajstić information content (AvgIpc) is 3.61. The van der Waals surface area contributed by atoms with E-state index in [2.05, 4.69) is 16.8 Å². The number of benzene rings is 2. The van der Waals surface area contributed by atoms with Gasteiger partial charge in [-0.2, -0.15) is 0 Å². The molecule has 0 bridgehead atoms. The summed E-state index contributed by atoms with van der Waals surface area (Å²) < 4.78 is 11.6. The molecular formula is C27H28ClN3O4S. The van der Waals surface area contributed by atoms with E-state index in [4.69, 9.17) is 21.1 Å². The van der Waals surface area contributed by atoms with Crippen molar-refractivity contribution in [2.24, 2.45) is 0 Å². The number of carbonyl (C=O) groups is 2. The Bertz CT molecular complexity index is 1250. The van der Waals surface area contributed by atoms with Crippen LogP contribution in [0.2, 0.25) is 5.02 Å². The highest BCUT2D eigenvalue weighted by molar-refractivity contribution is 7.10. The molecule has 2 aliphatic rings. The third-order valence-electron chi connectivity index (χ3n) is 6.51. The number of ether oxygens (including phenoxy) is 2. The highest BCUT2D eigenvalue weighted by Crippen LogP contribution is 2.36. The number of carbonyl (C=O) groups excluding carboxylic acids is 2. The van der Waals surface area contributed by atoms with Crippen LogP contribution in [0.5, 0.6) is 11.5 Å². The highest BCUT2D eigenvalue weighted by atomic mass is 35.5. The first-order valence-corrected chi connectivity index (χ1v) is 13.2. The van der Waals surface area contributed by atoms with E-state index in [1.807, 2.05) is 29.2 Å². The zero-order chi connectivity index (χ0) is 25.1. The minimum absolute atomic E-state index is 0.0156. The Balaban J connectivity index is 1.31. The van der Waals surface area contributed by atoms with Gasteiger partial charge in [-0.3, -0.25) is 4.79 Å². The molecule has 1 unspecified atom stereocenters. The van der Waals surface area contributed by atoms with Crippen molar-refractivity contribution in [1.82, 2.24) is 9.80 Å². The molecule has 1 aliphatic heterocycles. The topological polar surface area (TPSA) is 71.1 Å². The number of hydrogen-bond donors (Lipinski definition) is 1. The van der Waals surface area contributed by atoms with Crippen molar-refractivity contribution in [3.63, 3.8) is 0 Å². The molecule has 5 rings (SSSR count). The zero-order valence-electron chi connectivity index (χ0n) is 20.0. The Labute approximate surface area is 219 Å². The summed E-state index contributed by atoms with van der Waals surface area (Å²) in [5.41, 5.74) is 1.71. The van der Waals surface area contributed by atoms with Crippen molar-refractivity contribution in [2.75, 3.05) is 32.1 Å². The number of urea groups is 1. The first-order valence-electron chi connectivity index (χ1n) is 12.0. The maximum Gasteiger partial charge on any atom is 0.322 e. The molecule has 1 aromatic heterocycles. The number of fused-ring (bicyclic) bond motifs is 1. The normalized spacial score (nSPS) is 16.7. The van der Waals surface area contributed by atoms with Crippen molar-refractivity contribution in [3.8, 4) is 11.5 Å². The third-order valence-corrected chi connectivity index (χ3v) is 7.74. The molecule has 1 aliphatic carbocycles. The van der Waals surface area contributed by atoms with E-state index in [1.165, 1.54) is 4.88 Å². The third kappa shape index (κ3) is 5.44. The van der Waals surface area contributed by atoms with Gasteiger partial charge >= 0.3 is 6.03 Å². The molecule has 3 amide bonds. The number of halogens is 1. The van der Waals surface area contributed by atoms with Crippen LogP contribution in [-0.2, 0) is 11.2 Å². The van der Waals surface area contributed by atoms with Gasteiger partial charge in [0.1, 0.15) is 13.2 Å².